The molecule has 0 spiro atoms. The van der Waals surface area contributed by atoms with Crippen molar-refractivity contribution in [2.45, 2.75) is 0 Å². The van der Waals surface area contributed by atoms with Gasteiger partial charge in [-0.1, -0.05) is 12.1 Å². The Morgan fingerprint density at radius 1 is 0.724 bits per heavy atom. The fourth-order valence-corrected chi connectivity index (χ4v) is 2.08. The lowest BCUT2D eigenvalue weighted by Gasteiger charge is -2.10. The molecule has 2 aromatic rings. The molecule has 0 heterocycles. The molecule has 29 heavy (non-hydrogen) atoms. The third kappa shape index (κ3) is 7.21. The molecule has 0 unspecified atom stereocenters. The van der Waals surface area contributed by atoms with Crippen molar-refractivity contribution >= 4 is 23.8 Å². The quantitative estimate of drug-likeness (QED) is 0.425. The minimum Gasteiger partial charge on any atom is -0.484 e. The van der Waals surface area contributed by atoms with Gasteiger partial charge in [0.2, 0.25) is 0 Å². The van der Waals surface area contributed by atoms with Crippen LogP contribution in [0.4, 0.5) is 0 Å². The van der Waals surface area contributed by atoms with Crippen LogP contribution in [0, 0.1) is 0 Å². The Bertz CT molecular complexity index is 839. The Balaban J connectivity index is 1.67. The number of carboxylic acid groups (broad SMARTS) is 2. The number of rotatable bonds is 10. The zero-order chi connectivity index (χ0) is 21.2. The summed E-state index contributed by atoms with van der Waals surface area (Å²) in [4.78, 5) is 45.2. The number of benzene rings is 2. The van der Waals surface area contributed by atoms with Gasteiger partial charge in [0.25, 0.3) is 11.8 Å². The van der Waals surface area contributed by atoms with Crippen LogP contribution in [0.2, 0.25) is 0 Å². The van der Waals surface area contributed by atoms with Gasteiger partial charge < -0.3 is 30.3 Å². The smallest absolute Gasteiger partial charge is 0.335 e. The zero-order valence-corrected chi connectivity index (χ0v) is 15.1. The van der Waals surface area contributed by atoms with Gasteiger partial charge in [0.1, 0.15) is 11.5 Å². The van der Waals surface area contributed by atoms with Crippen LogP contribution in [-0.4, -0.2) is 53.8 Å². The first-order valence-electron chi connectivity index (χ1n) is 8.31. The first-order chi connectivity index (χ1) is 13.8. The molecule has 152 valence electrons. The van der Waals surface area contributed by atoms with Gasteiger partial charge in [-0.3, -0.25) is 9.59 Å². The molecule has 0 saturated carbocycles. The summed E-state index contributed by atoms with van der Waals surface area (Å²) in [5.41, 5.74) is 0.0631. The molecule has 0 aliphatic carbocycles. The lowest BCUT2D eigenvalue weighted by Crippen LogP contribution is -2.41. The molecular weight excluding hydrogens is 384 g/mol. The number of nitrogens with one attached hydrogen (secondary N) is 2. The van der Waals surface area contributed by atoms with E-state index in [0.717, 1.165) is 0 Å². The van der Waals surface area contributed by atoms with Crippen LogP contribution in [0.1, 0.15) is 20.7 Å². The van der Waals surface area contributed by atoms with Crippen molar-refractivity contribution in [3.8, 4) is 11.5 Å². The molecule has 4 N–H and O–H groups in total. The topological polar surface area (TPSA) is 151 Å². The number of carbonyl (C=O) groups excluding carboxylic acids is 2. The first-order valence-corrected chi connectivity index (χ1v) is 8.31. The van der Waals surface area contributed by atoms with E-state index in [0.29, 0.717) is 0 Å². The fourth-order valence-electron chi connectivity index (χ4n) is 2.08. The minimum absolute atomic E-state index is 0.0315. The van der Waals surface area contributed by atoms with Gasteiger partial charge in [-0.25, -0.2) is 9.59 Å². The molecule has 0 saturated heterocycles. The van der Waals surface area contributed by atoms with Crippen LogP contribution < -0.4 is 20.1 Å². The van der Waals surface area contributed by atoms with Crippen molar-refractivity contribution in [3.05, 3.63) is 59.7 Å². The van der Waals surface area contributed by atoms with Crippen LogP contribution >= 0.6 is 0 Å². The predicted molar refractivity (Wildman–Crippen MR) is 98.9 cm³/mol. The summed E-state index contributed by atoms with van der Waals surface area (Å²) in [5, 5.41) is 22.6. The SMILES string of the molecule is O=C(COc1cccc(C(=O)O)c1)NCNC(=O)COc1cccc(C(=O)O)c1. The van der Waals surface area contributed by atoms with E-state index in [1.165, 1.54) is 48.5 Å². The molecular formula is C19H18N2O8. The maximum absolute atomic E-state index is 11.7. The Hall–Kier alpha value is -4.08. The molecule has 10 nitrogen and oxygen atoms in total. The monoisotopic (exact) mass is 402 g/mol. The fraction of sp³-hybridized carbons (Fsp3) is 0.158. The lowest BCUT2D eigenvalue weighted by molar-refractivity contribution is -0.125. The van der Waals surface area contributed by atoms with Crippen molar-refractivity contribution < 1.29 is 38.9 Å². The van der Waals surface area contributed by atoms with Gasteiger partial charge in [-0.15, -0.1) is 0 Å². The predicted octanol–water partition coefficient (Wildman–Crippen LogP) is 0.731. The number of hydrogen-bond donors (Lipinski definition) is 4. The van der Waals surface area contributed by atoms with E-state index in [9.17, 15) is 19.2 Å². The summed E-state index contributed by atoms with van der Waals surface area (Å²) in [6.45, 7) is -0.899. The van der Waals surface area contributed by atoms with Crippen LogP contribution in [-0.2, 0) is 9.59 Å². The highest BCUT2D eigenvalue weighted by Crippen LogP contribution is 2.13. The molecule has 2 aromatic carbocycles. The van der Waals surface area contributed by atoms with Crippen molar-refractivity contribution in [2.24, 2.45) is 0 Å². The van der Waals surface area contributed by atoms with Crippen molar-refractivity contribution in [1.82, 2.24) is 10.6 Å². The normalized spacial score (nSPS) is 9.93. The molecule has 0 atom stereocenters. The molecule has 2 rings (SSSR count). The van der Waals surface area contributed by atoms with Gasteiger partial charge in [-0.05, 0) is 36.4 Å². The molecule has 2 amide bonds. The Morgan fingerprint density at radius 3 is 1.52 bits per heavy atom. The highest BCUT2D eigenvalue weighted by Gasteiger charge is 2.08. The Labute approximate surface area is 165 Å². The van der Waals surface area contributed by atoms with E-state index in [1.807, 2.05) is 0 Å². The number of carbonyl (C=O) groups is 4. The number of ether oxygens (including phenoxy) is 2. The molecule has 10 heteroatoms. The largest absolute Gasteiger partial charge is 0.484 e. The Kier molecular flexibility index (Phi) is 7.54. The highest BCUT2D eigenvalue weighted by atomic mass is 16.5. The Morgan fingerprint density at radius 2 is 1.14 bits per heavy atom. The maximum Gasteiger partial charge on any atom is 0.335 e. The van der Waals surface area contributed by atoms with Crippen molar-refractivity contribution in [1.29, 1.82) is 0 Å². The third-order valence-corrected chi connectivity index (χ3v) is 3.47. The molecule has 0 aromatic heterocycles. The standard InChI is InChI=1S/C19H18N2O8/c22-16(9-28-14-5-1-3-12(7-14)18(24)25)20-11-21-17(23)10-29-15-6-2-4-13(8-15)19(26)27/h1-8H,9-11H2,(H,20,22)(H,21,23)(H,24,25)(H,26,27). The summed E-state index contributed by atoms with van der Waals surface area (Å²) in [6.07, 6.45) is 0. The molecule has 0 aliphatic heterocycles. The number of aromatic carboxylic acids is 2. The highest BCUT2D eigenvalue weighted by molar-refractivity contribution is 5.88. The number of hydrogen-bond acceptors (Lipinski definition) is 6. The van der Waals surface area contributed by atoms with Crippen LogP contribution in [0.25, 0.3) is 0 Å². The molecule has 0 radical (unpaired) electrons. The van der Waals surface area contributed by atoms with E-state index >= 15 is 0 Å². The van der Waals surface area contributed by atoms with Gasteiger partial charge >= 0.3 is 11.9 Å². The van der Waals surface area contributed by atoms with Gasteiger partial charge in [0.15, 0.2) is 13.2 Å². The van der Waals surface area contributed by atoms with E-state index in [-0.39, 0.29) is 42.5 Å². The second-order valence-electron chi connectivity index (χ2n) is 5.62. The molecule has 0 aliphatic rings. The van der Waals surface area contributed by atoms with Gasteiger partial charge in [-0.2, -0.15) is 0 Å². The summed E-state index contributed by atoms with van der Waals surface area (Å²) in [7, 11) is 0. The summed E-state index contributed by atoms with van der Waals surface area (Å²) >= 11 is 0. The van der Waals surface area contributed by atoms with E-state index in [2.05, 4.69) is 10.6 Å². The average Bonchev–Trinajstić information content (AvgIpc) is 2.71. The minimum atomic E-state index is -1.11. The van der Waals surface area contributed by atoms with E-state index in [1.54, 1.807) is 0 Å². The first kappa shape index (κ1) is 21.2. The summed E-state index contributed by atoms with van der Waals surface area (Å²) in [5.74, 6) is -2.83. The maximum atomic E-state index is 11.7. The number of carboxylic acids is 2. The van der Waals surface area contributed by atoms with Crippen molar-refractivity contribution in [2.75, 3.05) is 19.9 Å². The second-order valence-corrected chi connectivity index (χ2v) is 5.62. The van der Waals surface area contributed by atoms with Gasteiger partial charge in [0.05, 0.1) is 17.8 Å². The van der Waals surface area contributed by atoms with Crippen LogP contribution in [0.3, 0.4) is 0 Å². The van der Waals surface area contributed by atoms with E-state index in [4.69, 9.17) is 19.7 Å². The second kappa shape index (κ2) is 10.3. The summed E-state index contributed by atoms with van der Waals surface area (Å²) in [6, 6.07) is 11.4. The third-order valence-electron chi connectivity index (χ3n) is 3.47. The molecule has 0 bridgehead atoms. The zero-order valence-electron chi connectivity index (χ0n) is 15.1. The lowest BCUT2D eigenvalue weighted by atomic mass is 10.2. The average molecular weight is 402 g/mol. The van der Waals surface area contributed by atoms with Crippen LogP contribution in [0.15, 0.2) is 48.5 Å². The van der Waals surface area contributed by atoms with Crippen molar-refractivity contribution in [3.63, 3.8) is 0 Å². The molecule has 0 fully saturated rings. The van der Waals surface area contributed by atoms with E-state index < -0.39 is 23.8 Å². The number of amides is 2. The summed E-state index contributed by atoms with van der Waals surface area (Å²) < 4.78 is 10.4. The van der Waals surface area contributed by atoms with Crippen LogP contribution in [0.5, 0.6) is 11.5 Å². The van der Waals surface area contributed by atoms with Gasteiger partial charge in [0, 0.05) is 0 Å².